The van der Waals surface area contributed by atoms with E-state index in [9.17, 15) is 9.18 Å². The predicted octanol–water partition coefficient (Wildman–Crippen LogP) is 4.19. The molecule has 0 fully saturated rings. The minimum absolute atomic E-state index is 0.193. The second-order valence-electron chi connectivity index (χ2n) is 3.42. The second kappa shape index (κ2) is 7.04. The highest BCUT2D eigenvalue weighted by atomic mass is 35.6. The lowest BCUT2D eigenvalue weighted by Crippen LogP contribution is -2.49. The van der Waals surface area contributed by atoms with Crippen LogP contribution < -0.4 is 10.6 Å². The van der Waals surface area contributed by atoms with Crippen molar-refractivity contribution in [1.82, 2.24) is 5.32 Å². The summed E-state index contributed by atoms with van der Waals surface area (Å²) >= 11 is 28.9. The monoisotopic (exact) mass is 366 g/mol. The zero-order chi connectivity index (χ0) is 14.6. The van der Waals surface area contributed by atoms with Gasteiger partial charge in [0.25, 0.3) is 5.91 Å². The fourth-order valence-electron chi connectivity index (χ4n) is 1.17. The summed E-state index contributed by atoms with van der Waals surface area (Å²) in [5, 5.41) is 5.34. The Morgan fingerprint density at radius 2 is 1.95 bits per heavy atom. The molecule has 1 aromatic rings. The Labute approximate surface area is 134 Å². The fraction of sp³-hybridized carbons (Fsp3) is 0.300. The van der Waals surface area contributed by atoms with Crippen molar-refractivity contribution in [1.29, 1.82) is 0 Å². The van der Waals surface area contributed by atoms with Crippen LogP contribution in [0.2, 0.25) is 10.0 Å². The Kier molecular flexibility index (Phi) is 6.27. The summed E-state index contributed by atoms with van der Waals surface area (Å²) in [4.78, 5) is 11.0. The molecule has 0 aliphatic carbocycles. The molecular weight excluding hydrogens is 360 g/mol. The molecule has 9 heteroatoms. The Morgan fingerprint density at radius 3 is 2.47 bits per heavy atom. The summed E-state index contributed by atoms with van der Waals surface area (Å²) in [6.45, 7) is -1.23. The van der Waals surface area contributed by atoms with Crippen molar-refractivity contribution in [3.63, 3.8) is 0 Å². The highest BCUT2D eigenvalue weighted by Crippen LogP contribution is 2.34. The maximum atomic E-state index is 12.2. The minimum Gasteiger partial charge on any atom is -0.361 e. The number of alkyl halides is 4. The molecule has 0 aliphatic rings. The maximum Gasteiger partial charge on any atom is 0.253 e. The number of carbonyl (C=O) groups excluding carboxylic acids is 1. The molecule has 1 atom stereocenters. The average Bonchev–Trinajstić information content (AvgIpc) is 2.32. The third-order valence-corrected chi connectivity index (χ3v) is 3.48. The molecule has 0 spiro atoms. The van der Waals surface area contributed by atoms with Crippen LogP contribution in [0.25, 0.3) is 0 Å². The van der Waals surface area contributed by atoms with Gasteiger partial charge < -0.3 is 10.6 Å². The van der Waals surface area contributed by atoms with E-state index < -0.39 is 22.5 Å². The molecule has 1 rings (SSSR count). The summed E-state index contributed by atoms with van der Waals surface area (Å²) < 4.78 is 10.3. The van der Waals surface area contributed by atoms with Gasteiger partial charge in [0.1, 0.15) is 6.17 Å². The van der Waals surface area contributed by atoms with Crippen LogP contribution in [0.3, 0.4) is 0 Å². The van der Waals surface area contributed by atoms with E-state index in [-0.39, 0.29) is 10.0 Å². The molecule has 0 bridgehead atoms. The van der Waals surface area contributed by atoms with Crippen LogP contribution >= 0.6 is 58.0 Å². The molecule has 2 N–H and O–H groups in total. The Bertz CT molecular complexity index is 466. The maximum absolute atomic E-state index is 12.2. The summed E-state index contributed by atoms with van der Waals surface area (Å²) in [6.07, 6.45) is -1.17. The molecule has 19 heavy (non-hydrogen) atoms. The molecule has 0 aliphatic heterocycles. The number of nitrogens with one attached hydrogen (secondary N) is 2. The molecule has 3 nitrogen and oxygen atoms in total. The van der Waals surface area contributed by atoms with Gasteiger partial charge in [-0.1, -0.05) is 64.1 Å². The van der Waals surface area contributed by atoms with Crippen molar-refractivity contribution in [2.24, 2.45) is 0 Å². The largest absolute Gasteiger partial charge is 0.361 e. The second-order valence-corrected chi connectivity index (χ2v) is 6.58. The van der Waals surface area contributed by atoms with Gasteiger partial charge in [0.05, 0.1) is 15.7 Å². The molecule has 1 aromatic carbocycles. The van der Waals surface area contributed by atoms with E-state index in [1.165, 1.54) is 0 Å². The quantitative estimate of drug-likeness (QED) is 0.618. The van der Waals surface area contributed by atoms with Gasteiger partial charge in [0.2, 0.25) is 3.79 Å². The highest BCUT2D eigenvalue weighted by molar-refractivity contribution is 6.68. The van der Waals surface area contributed by atoms with Gasteiger partial charge >= 0.3 is 0 Å². The van der Waals surface area contributed by atoms with Gasteiger partial charge in [-0.2, -0.15) is 0 Å². The zero-order valence-electron chi connectivity index (χ0n) is 9.19. The van der Waals surface area contributed by atoms with E-state index in [0.29, 0.717) is 5.69 Å². The number of halogens is 6. The van der Waals surface area contributed by atoms with Crippen molar-refractivity contribution < 1.29 is 9.18 Å². The van der Waals surface area contributed by atoms with Crippen molar-refractivity contribution in [3.8, 4) is 0 Å². The number of benzene rings is 1. The van der Waals surface area contributed by atoms with Gasteiger partial charge in [0.15, 0.2) is 6.67 Å². The van der Waals surface area contributed by atoms with Crippen LogP contribution in [-0.4, -0.2) is 22.5 Å². The van der Waals surface area contributed by atoms with Crippen molar-refractivity contribution in [3.05, 3.63) is 28.2 Å². The molecular formula is C10H8Cl5FN2O. The van der Waals surface area contributed by atoms with Gasteiger partial charge in [-0.05, 0) is 12.1 Å². The van der Waals surface area contributed by atoms with Crippen molar-refractivity contribution in [2.45, 2.75) is 9.96 Å². The van der Waals surface area contributed by atoms with E-state index in [1.54, 1.807) is 18.2 Å². The molecule has 1 amide bonds. The van der Waals surface area contributed by atoms with E-state index in [0.717, 1.165) is 0 Å². The van der Waals surface area contributed by atoms with Gasteiger partial charge in [-0.3, -0.25) is 4.79 Å². The first-order valence-corrected chi connectivity index (χ1v) is 6.77. The number of hydrogen-bond donors (Lipinski definition) is 2. The molecule has 0 saturated heterocycles. The summed E-state index contributed by atoms with van der Waals surface area (Å²) in [5.74, 6) is -0.929. The molecule has 0 saturated carbocycles. The normalized spacial score (nSPS) is 12.9. The summed E-state index contributed by atoms with van der Waals surface area (Å²) in [6, 6.07) is 4.75. The van der Waals surface area contributed by atoms with E-state index in [1.807, 2.05) is 0 Å². The third-order valence-electron chi connectivity index (χ3n) is 2.01. The lowest BCUT2D eigenvalue weighted by Gasteiger charge is -2.27. The number of rotatable bonds is 4. The van der Waals surface area contributed by atoms with E-state index >= 15 is 0 Å². The van der Waals surface area contributed by atoms with E-state index in [4.69, 9.17) is 58.0 Å². The first-order valence-electron chi connectivity index (χ1n) is 4.88. The Hall–Kier alpha value is -0.130. The van der Waals surface area contributed by atoms with Crippen LogP contribution in [0.1, 0.15) is 0 Å². The first-order chi connectivity index (χ1) is 8.75. The van der Waals surface area contributed by atoms with Gasteiger partial charge in [-0.15, -0.1) is 0 Å². The van der Waals surface area contributed by atoms with Gasteiger partial charge in [-0.25, -0.2) is 4.39 Å². The number of amides is 1. The molecule has 0 aromatic heterocycles. The molecule has 106 valence electrons. The predicted molar refractivity (Wildman–Crippen MR) is 78.3 cm³/mol. The van der Waals surface area contributed by atoms with Crippen molar-refractivity contribution in [2.75, 3.05) is 12.0 Å². The van der Waals surface area contributed by atoms with Crippen LogP contribution in [0, 0.1) is 0 Å². The van der Waals surface area contributed by atoms with E-state index in [2.05, 4.69) is 10.6 Å². The Morgan fingerprint density at radius 1 is 1.32 bits per heavy atom. The van der Waals surface area contributed by atoms with Gasteiger partial charge in [0, 0.05) is 0 Å². The standard InChI is InChI=1S/C10H8Cl5FN2O/c11-5-2-1-3-6(8(5)12)17-9(10(13,14)15)18-7(19)4-16/h1-3,9,17H,4H2,(H,18,19)/t9-/m1/s1. The third kappa shape index (κ3) is 5.04. The van der Waals surface area contributed by atoms with Crippen LogP contribution in [0.5, 0.6) is 0 Å². The lowest BCUT2D eigenvalue weighted by atomic mass is 10.3. The van der Waals surface area contributed by atoms with Crippen LogP contribution in [-0.2, 0) is 4.79 Å². The molecule has 0 unspecified atom stereocenters. The molecule has 0 heterocycles. The Balaban J connectivity index is 2.95. The smallest absolute Gasteiger partial charge is 0.253 e. The molecule has 0 radical (unpaired) electrons. The number of anilines is 1. The lowest BCUT2D eigenvalue weighted by molar-refractivity contribution is -0.122. The topological polar surface area (TPSA) is 41.1 Å². The highest BCUT2D eigenvalue weighted by Gasteiger charge is 2.34. The minimum atomic E-state index is -1.91. The SMILES string of the molecule is O=C(CF)N[C@@H](Nc1cccc(Cl)c1Cl)C(Cl)(Cl)Cl. The average molecular weight is 368 g/mol. The van der Waals surface area contributed by atoms with Crippen molar-refractivity contribution >= 4 is 69.6 Å². The summed E-state index contributed by atoms with van der Waals surface area (Å²) in [7, 11) is 0. The van der Waals surface area contributed by atoms with Crippen LogP contribution in [0.15, 0.2) is 18.2 Å². The number of carbonyl (C=O) groups is 1. The first kappa shape index (κ1) is 16.9. The number of hydrogen-bond acceptors (Lipinski definition) is 2. The summed E-state index contributed by atoms with van der Waals surface area (Å²) in [5.41, 5.74) is 0.338. The zero-order valence-corrected chi connectivity index (χ0v) is 13.0. The van der Waals surface area contributed by atoms with Crippen LogP contribution in [0.4, 0.5) is 10.1 Å². The fourth-order valence-corrected chi connectivity index (χ4v) is 1.85.